The van der Waals surface area contributed by atoms with Gasteiger partial charge in [0.15, 0.2) is 0 Å². The van der Waals surface area contributed by atoms with Gasteiger partial charge in [-0.05, 0) is 32.6 Å². The Labute approximate surface area is 106 Å². The quantitative estimate of drug-likeness (QED) is 0.599. The molecule has 0 N–H and O–H groups in total. The Bertz CT molecular complexity index is 227. The molecule has 0 spiro atoms. The monoisotopic (exact) mass is 262 g/mol. The minimum Gasteiger partial charge on any atom is -0.309 e. The lowest BCUT2D eigenvalue weighted by atomic mass is 9.86. The molecule has 0 atom stereocenters. The molecule has 17 heavy (non-hydrogen) atoms. The third kappa shape index (κ3) is 6.03. The van der Waals surface area contributed by atoms with Gasteiger partial charge in [-0.1, -0.05) is 32.1 Å². The van der Waals surface area contributed by atoms with E-state index in [1.54, 1.807) is 0 Å². The van der Waals surface area contributed by atoms with E-state index in [4.69, 9.17) is 9.05 Å². The van der Waals surface area contributed by atoms with Crippen LogP contribution in [0.25, 0.3) is 0 Å². The highest BCUT2D eigenvalue weighted by Crippen LogP contribution is 2.49. The first-order valence-corrected chi connectivity index (χ1v) is 8.81. The van der Waals surface area contributed by atoms with Gasteiger partial charge in [-0.3, -0.25) is 4.57 Å². The molecule has 1 saturated carbocycles. The van der Waals surface area contributed by atoms with Crippen LogP contribution in [0, 0.1) is 5.92 Å². The van der Waals surface area contributed by atoms with E-state index in [2.05, 4.69) is 0 Å². The van der Waals surface area contributed by atoms with Gasteiger partial charge in [-0.2, -0.15) is 0 Å². The smallest absolute Gasteiger partial charge is 0.309 e. The molecule has 0 aromatic heterocycles. The van der Waals surface area contributed by atoms with Gasteiger partial charge >= 0.3 is 7.60 Å². The second kappa shape index (κ2) is 8.29. The van der Waals surface area contributed by atoms with Crippen LogP contribution in [0.1, 0.15) is 58.8 Å². The molecule has 0 bridgehead atoms. The van der Waals surface area contributed by atoms with E-state index in [1.807, 2.05) is 13.8 Å². The zero-order valence-corrected chi connectivity index (χ0v) is 12.2. The van der Waals surface area contributed by atoms with Gasteiger partial charge in [0, 0.05) is 0 Å². The summed E-state index contributed by atoms with van der Waals surface area (Å²) in [6.45, 7) is 4.68. The third-order valence-electron chi connectivity index (χ3n) is 3.42. The SMILES string of the molecule is CCOP(=O)(CCCC1CCCCC1)OCC. The summed E-state index contributed by atoms with van der Waals surface area (Å²) in [5, 5.41) is 0. The van der Waals surface area contributed by atoms with Gasteiger partial charge in [0.2, 0.25) is 0 Å². The first-order valence-electron chi connectivity index (χ1n) is 7.08. The average molecular weight is 262 g/mol. The summed E-state index contributed by atoms with van der Waals surface area (Å²) in [4.78, 5) is 0. The Hall–Kier alpha value is 0.150. The molecule has 0 unspecified atom stereocenters. The van der Waals surface area contributed by atoms with Crippen molar-refractivity contribution in [3.63, 3.8) is 0 Å². The summed E-state index contributed by atoms with van der Waals surface area (Å²) in [5.41, 5.74) is 0. The lowest BCUT2D eigenvalue weighted by molar-refractivity contribution is 0.218. The Morgan fingerprint density at radius 3 is 2.18 bits per heavy atom. The second-order valence-electron chi connectivity index (χ2n) is 4.82. The molecule has 0 aromatic rings. The fourth-order valence-corrected chi connectivity index (χ4v) is 4.30. The first-order chi connectivity index (χ1) is 8.20. The van der Waals surface area contributed by atoms with Crippen LogP contribution < -0.4 is 0 Å². The molecule has 0 heterocycles. The maximum Gasteiger partial charge on any atom is 0.330 e. The van der Waals surface area contributed by atoms with Crippen LogP contribution in [-0.4, -0.2) is 19.4 Å². The van der Waals surface area contributed by atoms with Gasteiger partial charge in [0.25, 0.3) is 0 Å². The van der Waals surface area contributed by atoms with E-state index in [1.165, 1.54) is 38.5 Å². The Kier molecular flexibility index (Phi) is 7.41. The Morgan fingerprint density at radius 1 is 1.06 bits per heavy atom. The van der Waals surface area contributed by atoms with E-state index in [-0.39, 0.29) is 0 Å². The predicted octanol–water partition coefficient (Wildman–Crippen LogP) is 4.61. The van der Waals surface area contributed by atoms with E-state index in [0.717, 1.165) is 12.3 Å². The van der Waals surface area contributed by atoms with Gasteiger partial charge in [0.1, 0.15) is 0 Å². The van der Waals surface area contributed by atoms with E-state index in [0.29, 0.717) is 19.4 Å². The molecule has 1 rings (SSSR count). The van der Waals surface area contributed by atoms with Crippen molar-refractivity contribution >= 4 is 7.60 Å². The highest BCUT2D eigenvalue weighted by molar-refractivity contribution is 7.53. The second-order valence-corrected chi connectivity index (χ2v) is 7.00. The minimum absolute atomic E-state index is 0.473. The average Bonchev–Trinajstić information content (AvgIpc) is 2.31. The van der Waals surface area contributed by atoms with Crippen LogP contribution >= 0.6 is 7.60 Å². The highest BCUT2D eigenvalue weighted by Gasteiger charge is 2.23. The van der Waals surface area contributed by atoms with E-state index < -0.39 is 7.60 Å². The van der Waals surface area contributed by atoms with Crippen LogP contribution in [0.15, 0.2) is 0 Å². The topological polar surface area (TPSA) is 35.5 Å². The molecule has 1 fully saturated rings. The highest BCUT2D eigenvalue weighted by atomic mass is 31.2. The fraction of sp³-hybridized carbons (Fsp3) is 1.00. The molecule has 1 aliphatic carbocycles. The molecular formula is C13H27O3P. The third-order valence-corrected chi connectivity index (χ3v) is 5.59. The molecule has 0 radical (unpaired) electrons. The summed E-state index contributed by atoms with van der Waals surface area (Å²) < 4.78 is 22.8. The maximum absolute atomic E-state index is 12.2. The lowest BCUT2D eigenvalue weighted by Gasteiger charge is -2.22. The van der Waals surface area contributed by atoms with Crippen molar-refractivity contribution in [3.05, 3.63) is 0 Å². The molecule has 3 nitrogen and oxygen atoms in total. The summed E-state index contributed by atoms with van der Waals surface area (Å²) in [5.74, 6) is 0.848. The van der Waals surface area contributed by atoms with Crippen molar-refractivity contribution in [2.75, 3.05) is 19.4 Å². The number of rotatable bonds is 8. The summed E-state index contributed by atoms with van der Waals surface area (Å²) in [6.07, 6.45) is 9.60. The van der Waals surface area contributed by atoms with E-state index in [9.17, 15) is 4.57 Å². The largest absolute Gasteiger partial charge is 0.330 e. The normalized spacial score (nSPS) is 18.5. The zero-order valence-electron chi connectivity index (χ0n) is 11.3. The van der Waals surface area contributed by atoms with Gasteiger partial charge in [-0.25, -0.2) is 0 Å². The van der Waals surface area contributed by atoms with Gasteiger partial charge in [0.05, 0.1) is 19.4 Å². The van der Waals surface area contributed by atoms with Gasteiger partial charge < -0.3 is 9.05 Å². The summed E-state index contributed by atoms with van der Waals surface area (Å²) in [6, 6.07) is 0. The summed E-state index contributed by atoms with van der Waals surface area (Å²) >= 11 is 0. The van der Waals surface area contributed by atoms with Crippen LogP contribution in [0.3, 0.4) is 0 Å². The van der Waals surface area contributed by atoms with E-state index >= 15 is 0 Å². The number of hydrogen-bond acceptors (Lipinski definition) is 3. The van der Waals surface area contributed by atoms with Crippen LogP contribution in [-0.2, 0) is 13.6 Å². The van der Waals surface area contributed by atoms with Gasteiger partial charge in [-0.15, -0.1) is 0 Å². The zero-order chi connectivity index (χ0) is 12.6. The summed E-state index contributed by atoms with van der Waals surface area (Å²) in [7, 11) is -2.79. The molecule has 0 aromatic carbocycles. The predicted molar refractivity (Wildman–Crippen MR) is 71.5 cm³/mol. The van der Waals surface area contributed by atoms with Crippen molar-refractivity contribution in [1.82, 2.24) is 0 Å². The molecule has 0 amide bonds. The van der Waals surface area contributed by atoms with Crippen LogP contribution in [0.2, 0.25) is 0 Å². The first kappa shape index (κ1) is 15.2. The Morgan fingerprint density at radius 2 is 1.65 bits per heavy atom. The van der Waals surface area contributed by atoms with Crippen LogP contribution in [0.5, 0.6) is 0 Å². The molecule has 0 saturated heterocycles. The molecule has 0 aliphatic heterocycles. The van der Waals surface area contributed by atoms with Crippen molar-refractivity contribution in [2.24, 2.45) is 5.92 Å². The van der Waals surface area contributed by atoms with Crippen molar-refractivity contribution < 1.29 is 13.6 Å². The minimum atomic E-state index is -2.79. The lowest BCUT2D eigenvalue weighted by Crippen LogP contribution is -2.08. The standard InChI is InChI=1S/C13H27O3P/c1-3-15-17(14,16-4-2)12-8-11-13-9-6-5-7-10-13/h13H,3-12H2,1-2H3. The maximum atomic E-state index is 12.2. The molecule has 4 heteroatoms. The molecule has 1 aliphatic rings. The molecular weight excluding hydrogens is 235 g/mol. The Balaban J connectivity index is 2.23. The van der Waals surface area contributed by atoms with Crippen molar-refractivity contribution in [2.45, 2.75) is 58.8 Å². The van der Waals surface area contributed by atoms with Crippen LogP contribution in [0.4, 0.5) is 0 Å². The fourth-order valence-electron chi connectivity index (χ4n) is 2.61. The van der Waals surface area contributed by atoms with Crippen molar-refractivity contribution in [1.29, 1.82) is 0 Å². The molecule has 102 valence electrons. The number of hydrogen-bond donors (Lipinski definition) is 0. The van der Waals surface area contributed by atoms with Crippen molar-refractivity contribution in [3.8, 4) is 0 Å².